The molecule has 1 aromatic carbocycles. The highest BCUT2D eigenvalue weighted by Gasteiger charge is 2.48. The highest BCUT2D eigenvalue weighted by Crippen LogP contribution is 2.41. The summed E-state index contributed by atoms with van der Waals surface area (Å²) in [6, 6.07) is 9.67. The lowest BCUT2D eigenvalue weighted by Crippen LogP contribution is -2.49. The molecule has 0 spiro atoms. The third kappa shape index (κ3) is 3.22. The Kier molecular flexibility index (Phi) is 4.97. The van der Waals surface area contributed by atoms with Crippen LogP contribution in [-0.4, -0.2) is 48.8 Å². The fourth-order valence-corrected chi connectivity index (χ4v) is 4.39. The third-order valence-electron chi connectivity index (χ3n) is 6.14. The number of aliphatic hydroxyl groups is 1. The molecule has 2 atom stereocenters. The molecule has 1 heterocycles. The number of benzene rings is 1. The van der Waals surface area contributed by atoms with E-state index in [-0.39, 0.29) is 5.92 Å². The first-order valence-electron chi connectivity index (χ1n) is 9.22. The minimum atomic E-state index is -1.51. The summed E-state index contributed by atoms with van der Waals surface area (Å²) in [5.41, 5.74) is -0.838. The highest BCUT2D eigenvalue weighted by atomic mass is 16.6. The molecular formula is C20H30NO3+. The van der Waals surface area contributed by atoms with Crippen molar-refractivity contribution in [3.05, 3.63) is 35.9 Å². The van der Waals surface area contributed by atoms with Crippen LogP contribution in [0.2, 0.25) is 0 Å². The quantitative estimate of drug-likeness (QED) is 0.666. The average molecular weight is 332 g/mol. The smallest absolute Gasteiger partial charge is 0.343 e. The van der Waals surface area contributed by atoms with Crippen LogP contribution in [0.3, 0.4) is 0 Å². The van der Waals surface area contributed by atoms with Gasteiger partial charge in [-0.1, -0.05) is 43.2 Å². The van der Waals surface area contributed by atoms with Crippen LogP contribution in [0.4, 0.5) is 0 Å². The molecule has 1 aromatic rings. The second-order valence-corrected chi connectivity index (χ2v) is 8.01. The van der Waals surface area contributed by atoms with E-state index in [1.165, 1.54) is 6.42 Å². The van der Waals surface area contributed by atoms with E-state index >= 15 is 0 Å². The number of likely N-dealkylation sites (tertiary alicyclic amines) is 1. The maximum absolute atomic E-state index is 12.9. The number of nitrogens with zero attached hydrogens (tertiary/aromatic N) is 1. The second-order valence-electron chi connectivity index (χ2n) is 8.01. The number of hydrogen-bond acceptors (Lipinski definition) is 3. The molecule has 132 valence electrons. The molecule has 1 saturated heterocycles. The Hall–Kier alpha value is -1.39. The molecule has 0 bridgehead atoms. The van der Waals surface area contributed by atoms with E-state index in [0.29, 0.717) is 18.2 Å². The van der Waals surface area contributed by atoms with Crippen molar-refractivity contribution in [1.29, 1.82) is 0 Å². The monoisotopic (exact) mass is 332 g/mol. The number of carbonyl (C=O) groups excluding carboxylic acids is 1. The summed E-state index contributed by atoms with van der Waals surface area (Å²) in [7, 11) is 4.37. The van der Waals surface area contributed by atoms with E-state index in [4.69, 9.17) is 4.74 Å². The van der Waals surface area contributed by atoms with Crippen LogP contribution >= 0.6 is 0 Å². The van der Waals surface area contributed by atoms with Crippen molar-refractivity contribution in [3.8, 4) is 0 Å². The molecule has 3 rings (SSSR count). The summed E-state index contributed by atoms with van der Waals surface area (Å²) < 4.78 is 6.58. The number of likely N-dealkylation sites (N-methyl/N-ethyl adjacent to an activating group) is 1. The molecule has 0 radical (unpaired) electrons. The number of esters is 1. The van der Waals surface area contributed by atoms with Crippen molar-refractivity contribution < 1.29 is 19.1 Å². The molecular weight excluding hydrogens is 302 g/mol. The standard InChI is InChI=1S/C20H30NO3/c1-21(2)14-8-13-18(21)15-24-19(22)20(23,17-11-6-7-12-17)16-9-4-3-5-10-16/h3-5,9-10,17-18,23H,6-8,11-15H2,1-2H3/q+1/t18-,20-/m0/s1. The molecule has 0 aromatic heterocycles. The predicted octanol–water partition coefficient (Wildman–Crippen LogP) is 2.85. The van der Waals surface area contributed by atoms with Gasteiger partial charge in [0, 0.05) is 18.8 Å². The van der Waals surface area contributed by atoms with Gasteiger partial charge >= 0.3 is 5.97 Å². The highest BCUT2D eigenvalue weighted by molar-refractivity contribution is 5.81. The normalized spacial score (nSPS) is 26.2. The number of ether oxygens (including phenoxy) is 1. The van der Waals surface area contributed by atoms with Crippen LogP contribution in [0.1, 0.15) is 44.1 Å². The van der Waals surface area contributed by atoms with Crippen molar-refractivity contribution in [2.45, 2.75) is 50.2 Å². The maximum atomic E-state index is 12.9. The van der Waals surface area contributed by atoms with E-state index in [1.54, 1.807) is 0 Å². The zero-order chi connectivity index (χ0) is 17.2. The number of rotatable bonds is 5. The molecule has 1 saturated carbocycles. The van der Waals surface area contributed by atoms with Crippen molar-refractivity contribution in [3.63, 3.8) is 0 Å². The van der Waals surface area contributed by atoms with Crippen molar-refractivity contribution in [1.82, 2.24) is 0 Å². The van der Waals surface area contributed by atoms with Gasteiger partial charge in [-0.25, -0.2) is 4.79 Å². The van der Waals surface area contributed by atoms with Gasteiger partial charge in [0.2, 0.25) is 0 Å². The molecule has 1 aliphatic heterocycles. The summed E-state index contributed by atoms with van der Waals surface area (Å²) in [6.45, 7) is 1.52. The van der Waals surface area contributed by atoms with Gasteiger partial charge in [-0.3, -0.25) is 0 Å². The fourth-order valence-electron chi connectivity index (χ4n) is 4.39. The van der Waals surface area contributed by atoms with Gasteiger partial charge in [-0.05, 0) is 18.4 Å². The average Bonchev–Trinajstić information content (AvgIpc) is 3.22. The third-order valence-corrected chi connectivity index (χ3v) is 6.14. The molecule has 4 nitrogen and oxygen atoms in total. The summed E-state index contributed by atoms with van der Waals surface area (Å²) in [5, 5.41) is 11.4. The van der Waals surface area contributed by atoms with E-state index < -0.39 is 11.6 Å². The lowest BCUT2D eigenvalue weighted by Gasteiger charge is -2.34. The minimum absolute atomic E-state index is 0.0431. The lowest BCUT2D eigenvalue weighted by atomic mass is 9.80. The number of hydrogen-bond donors (Lipinski definition) is 1. The topological polar surface area (TPSA) is 46.5 Å². The molecule has 1 aliphatic carbocycles. The second kappa shape index (κ2) is 6.85. The Morgan fingerprint density at radius 2 is 1.83 bits per heavy atom. The van der Waals surface area contributed by atoms with Crippen molar-refractivity contribution in [2.24, 2.45) is 5.92 Å². The van der Waals surface area contributed by atoms with Gasteiger partial charge < -0.3 is 14.3 Å². The van der Waals surface area contributed by atoms with Crippen molar-refractivity contribution >= 4 is 5.97 Å². The van der Waals surface area contributed by atoms with Crippen LogP contribution in [0.25, 0.3) is 0 Å². The van der Waals surface area contributed by atoms with Gasteiger partial charge in [0.05, 0.1) is 20.6 Å². The Labute approximate surface area is 145 Å². The Balaban J connectivity index is 1.77. The van der Waals surface area contributed by atoms with Crippen LogP contribution in [0.5, 0.6) is 0 Å². The van der Waals surface area contributed by atoms with E-state index in [9.17, 15) is 9.90 Å². The molecule has 0 amide bonds. The van der Waals surface area contributed by atoms with Crippen LogP contribution in [-0.2, 0) is 15.1 Å². The first-order chi connectivity index (χ1) is 11.4. The number of quaternary nitrogens is 1. The van der Waals surface area contributed by atoms with Crippen molar-refractivity contribution in [2.75, 3.05) is 27.2 Å². The van der Waals surface area contributed by atoms with Gasteiger partial charge in [0.15, 0.2) is 5.60 Å². The van der Waals surface area contributed by atoms with E-state index in [0.717, 1.165) is 43.1 Å². The fraction of sp³-hybridized carbons (Fsp3) is 0.650. The van der Waals surface area contributed by atoms with E-state index in [1.807, 2.05) is 30.3 Å². The van der Waals surface area contributed by atoms with E-state index in [2.05, 4.69) is 14.1 Å². The van der Waals surface area contributed by atoms with Gasteiger partial charge in [-0.2, -0.15) is 0 Å². The number of carbonyl (C=O) groups is 1. The lowest BCUT2D eigenvalue weighted by molar-refractivity contribution is -0.902. The Bertz CT molecular complexity index is 566. The molecule has 1 N–H and O–H groups in total. The molecule has 2 aliphatic rings. The first kappa shape index (κ1) is 17.4. The van der Waals surface area contributed by atoms with Gasteiger partial charge in [0.1, 0.15) is 12.6 Å². The molecule has 0 unspecified atom stereocenters. The molecule has 2 fully saturated rings. The van der Waals surface area contributed by atoms with Crippen LogP contribution in [0.15, 0.2) is 30.3 Å². The molecule has 4 heteroatoms. The van der Waals surface area contributed by atoms with Gasteiger partial charge in [0.25, 0.3) is 0 Å². The largest absolute Gasteiger partial charge is 0.457 e. The Morgan fingerprint density at radius 1 is 1.17 bits per heavy atom. The summed E-state index contributed by atoms with van der Waals surface area (Å²) in [6.07, 6.45) is 6.14. The first-order valence-corrected chi connectivity index (χ1v) is 9.22. The van der Waals surface area contributed by atoms with Crippen LogP contribution < -0.4 is 0 Å². The summed E-state index contributed by atoms with van der Waals surface area (Å²) in [5.74, 6) is -0.508. The zero-order valence-corrected chi connectivity index (χ0v) is 14.9. The molecule has 24 heavy (non-hydrogen) atoms. The maximum Gasteiger partial charge on any atom is 0.343 e. The summed E-state index contributed by atoms with van der Waals surface area (Å²) in [4.78, 5) is 12.9. The predicted molar refractivity (Wildman–Crippen MR) is 93.3 cm³/mol. The zero-order valence-electron chi connectivity index (χ0n) is 14.9. The Morgan fingerprint density at radius 3 is 2.42 bits per heavy atom. The SMILES string of the molecule is C[N+]1(C)CCC[C@H]1COC(=O)[C@](O)(c1ccccc1)C1CCCC1. The minimum Gasteiger partial charge on any atom is -0.457 e. The van der Waals surface area contributed by atoms with Crippen LogP contribution in [0, 0.1) is 5.92 Å². The van der Waals surface area contributed by atoms with Gasteiger partial charge in [-0.15, -0.1) is 0 Å². The summed E-state index contributed by atoms with van der Waals surface area (Å²) >= 11 is 0.